The molecule has 1 saturated heterocycles. The van der Waals surface area contributed by atoms with Gasteiger partial charge >= 0.3 is 11.9 Å². The van der Waals surface area contributed by atoms with Crippen LogP contribution in [0.5, 0.6) is 0 Å². The van der Waals surface area contributed by atoms with E-state index in [4.69, 9.17) is 15.7 Å². The van der Waals surface area contributed by atoms with Gasteiger partial charge in [0.25, 0.3) is 11.8 Å². The first-order chi connectivity index (χ1) is 14.3. The number of anilines is 1. The van der Waals surface area contributed by atoms with Crippen LogP contribution in [-0.4, -0.2) is 73.3 Å². The number of hydrogen-bond donors (Lipinski definition) is 4. The monoisotopic (exact) mass is 455 g/mol. The van der Waals surface area contributed by atoms with Crippen molar-refractivity contribution in [3.05, 3.63) is 22.8 Å². The van der Waals surface area contributed by atoms with E-state index in [1.165, 1.54) is 23.2 Å². The summed E-state index contributed by atoms with van der Waals surface area (Å²) in [6.07, 6.45) is 1.51. The van der Waals surface area contributed by atoms with E-state index in [-0.39, 0.29) is 41.7 Å². The quantitative estimate of drug-likeness (QED) is 0.166. The molecular weight excluding hydrogens is 438 g/mol. The maximum Gasteiger partial charge on any atom is 0.352 e. The topological polar surface area (TPSA) is 185 Å². The Balaban J connectivity index is 1.69. The van der Waals surface area contributed by atoms with Crippen molar-refractivity contribution in [2.45, 2.75) is 24.3 Å². The average Bonchev–Trinajstić information content (AvgIpc) is 3.13. The number of hydrogen-bond acceptors (Lipinski definition) is 10. The third-order valence-electron chi connectivity index (χ3n) is 4.11. The lowest BCUT2D eigenvalue weighted by atomic mass is 10.0. The van der Waals surface area contributed by atoms with Crippen molar-refractivity contribution in [2.24, 2.45) is 5.16 Å². The molecule has 1 aromatic heterocycles. The number of thiazole rings is 1. The average molecular weight is 455 g/mol. The fourth-order valence-electron chi connectivity index (χ4n) is 2.75. The molecule has 1 unspecified atom stereocenters. The highest BCUT2D eigenvalue weighted by atomic mass is 32.2. The van der Waals surface area contributed by atoms with Crippen LogP contribution in [0.3, 0.4) is 0 Å². The number of nitrogens with zero attached hydrogens (tertiary/aromatic N) is 3. The third-order valence-corrected chi connectivity index (χ3v) is 5.97. The Hall–Kier alpha value is -3.13. The van der Waals surface area contributed by atoms with Gasteiger partial charge in [-0.05, 0) is 12.5 Å². The molecule has 2 aliphatic rings. The number of carbonyl (C=O) groups is 4. The van der Waals surface area contributed by atoms with Crippen LogP contribution in [0.1, 0.15) is 18.5 Å². The van der Waals surface area contributed by atoms with Crippen molar-refractivity contribution < 1.29 is 34.2 Å². The number of carboxylic acid groups (broad SMARTS) is 2. The zero-order chi connectivity index (χ0) is 21.8. The lowest BCUT2D eigenvalue weighted by Crippen LogP contribution is -2.70. The van der Waals surface area contributed by atoms with Crippen LogP contribution in [0.25, 0.3) is 0 Å². The van der Waals surface area contributed by atoms with E-state index in [2.05, 4.69) is 15.5 Å². The number of fused-ring (bicyclic) bond motifs is 1. The van der Waals surface area contributed by atoms with E-state index in [9.17, 15) is 24.3 Å². The van der Waals surface area contributed by atoms with Gasteiger partial charge in [0.05, 0.1) is 0 Å². The summed E-state index contributed by atoms with van der Waals surface area (Å²) >= 11 is 2.40. The highest BCUT2D eigenvalue weighted by Crippen LogP contribution is 2.37. The third kappa shape index (κ3) is 4.54. The molecular formula is C16H17N5O7S2. The number of nitrogens with one attached hydrogen (secondary N) is 1. The minimum absolute atomic E-state index is 0.0376. The minimum atomic E-state index is -1.21. The van der Waals surface area contributed by atoms with Crippen LogP contribution in [-0.2, 0) is 24.0 Å². The molecule has 2 amide bonds. The molecule has 12 nitrogen and oxygen atoms in total. The van der Waals surface area contributed by atoms with E-state index in [0.29, 0.717) is 5.75 Å². The Morgan fingerprint density at radius 3 is 2.80 bits per heavy atom. The Labute approximate surface area is 177 Å². The Kier molecular flexibility index (Phi) is 6.56. The van der Waals surface area contributed by atoms with Crippen LogP contribution in [0.15, 0.2) is 22.3 Å². The van der Waals surface area contributed by atoms with Crippen molar-refractivity contribution in [1.82, 2.24) is 15.2 Å². The summed E-state index contributed by atoms with van der Waals surface area (Å²) in [7, 11) is 0. The Morgan fingerprint density at radius 2 is 2.17 bits per heavy atom. The maximum absolute atomic E-state index is 12.8. The van der Waals surface area contributed by atoms with Gasteiger partial charge in [-0.1, -0.05) is 5.16 Å². The first kappa shape index (κ1) is 21.6. The molecule has 1 aromatic rings. The highest BCUT2D eigenvalue weighted by Gasteiger charge is 2.53. The van der Waals surface area contributed by atoms with Gasteiger partial charge < -0.3 is 26.1 Å². The molecule has 3 heterocycles. The van der Waals surface area contributed by atoms with Gasteiger partial charge in [-0.2, -0.15) is 0 Å². The van der Waals surface area contributed by atoms with E-state index in [1.807, 2.05) is 0 Å². The molecule has 2 atom stereocenters. The van der Waals surface area contributed by atoms with Gasteiger partial charge in [0.1, 0.15) is 29.4 Å². The summed E-state index contributed by atoms with van der Waals surface area (Å²) in [6.45, 7) is -0.0376. The molecule has 0 aliphatic carbocycles. The summed E-state index contributed by atoms with van der Waals surface area (Å²) in [5.41, 5.74) is 5.41. The molecule has 160 valence electrons. The van der Waals surface area contributed by atoms with Crippen LogP contribution >= 0.6 is 23.1 Å². The fourth-order valence-corrected chi connectivity index (χ4v) is 4.49. The van der Waals surface area contributed by atoms with Crippen molar-refractivity contribution in [2.75, 3.05) is 18.1 Å². The van der Waals surface area contributed by atoms with Crippen LogP contribution in [0.2, 0.25) is 0 Å². The SMILES string of the molecule is Nc1nc(C(=NOCCCC(=O)O)C(=O)NC2C(=O)N3C(C(=O)O)=CCS[C@@H]23)cs1. The number of rotatable bonds is 9. The zero-order valence-corrected chi connectivity index (χ0v) is 16.9. The normalized spacial score (nSPS) is 20.7. The number of amides is 2. The molecule has 0 bridgehead atoms. The smallest absolute Gasteiger partial charge is 0.352 e. The van der Waals surface area contributed by atoms with Gasteiger partial charge in [-0.3, -0.25) is 19.3 Å². The van der Waals surface area contributed by atoms with Crippen molar-refractivity contribution >= 4 is 57.7 Å². The number of β-lactam (4-membered cyclic amide) rings is 1. The number of oxime groups is 1. The van der Waals surface area contributed by atoms with E-state index < -0.39 is 35.2 Å². The van der Waals surface area contributed by atoms with Crippen molar-refractivity contribution in [3.63, 3.8) is 0 Å². The maximum atomic E-state index is 12.8. The number of nitrogen functional groups attached to an aromatic ring is 1. The second kappa shape index (κ2) is 9.13. The molecule has 0 spiro atoms. The van der Waals surface area contributed by atoms with Gasteiger partial charge in [0.15, 0.2) is 10.8 Å². The predicted octanol–water partition coefficient (Wildman–Crippen LogP) is -0.321. The van der Waals surface area contributed by atoms with Gasteiger partial charge in [-0.25, -0.2) is 9.78 Å². The summed E-state index contributed by atoms with van der Waals surface area (Å²) in [5, 5.41) is 25.3. The second-order valence-corrected chi connectivity index (χ2v) is 8.16. The van der Waals surface area contributed by atoms with Crippen LogP contribution in [0, 0.1) is 0 Å². The van der Waals surface area contributed by atoms with Crippen LogP contribution < -0.4 is 11.1 Å². The molecule has 0 radical (unpaired) electrons. The summed E-state index contributed by atoms with van der Waals surface area (Å²) in [4.78, 5) is 57.2. The van der Waals surface area contributed by atoms with Crippen molar-refractivity contribution in [1.29, 1.82) is 0 Å². The standard InChI is InChI=1S/C16H17N5O7S2/c17-16-18-7(6-30-16)10(20-28-4-1-2-9(22)23)12(24)19-11-13(25)21-8(15(26)27)3-5-29-14(11)21/h3,6,11,14H,1-2,4-5H2,(H2,17,18)(H,19,24)(H,22,23)(H,26,27)/t11?,14-/m0/s1. The van der Waals surface area contributed by atoms with E-state index >= 15 is 0 Å². The van der Waals surface area contributed by atoms with Crippen LogP contribution in [0.4, 0.5) is 5.13 Å². The van der Waals surface area contributed by atoms with Gasteiger partial charge in [0, 0.05) is 17.6 Å². The molecule has 30 heavy (non-hydrogen) atoms. The first-order valence-electron chi connectivity index (χ1n) is 8.61. The number of carboxylic acids is 2. The summed E-state index contributed by atoms with van der Waals surface area (Å²) in [6, 6.07) is -0.932. The first-order valence-corrected chi connectivity index (χ1v) is 10.5. The highest BCUT2D eigenvalue weighted by molar-refractivity contribution is 8.00. The lowest BCUT2D eigenvalue weighted by molar-refractivity contribution is -0.150. The summed E-state index contributed by atoms with van der Waals surface area (Å²) < 4.78 is 0. The zero-order valence-electron chi connectivity index (χ0n) is 15.3. The Morgan fingerprint density at radius 1 is 1.40 bits per heavy atom. The summed E-state index contributed by atoms with van der Waals surface area (Å²) in [5.74, 6) is -3.11. The Bertz CT molecular complexity index is 944. The molecule has 14 heteroatoms. The number of carbonyl (C=O) groups excluding carboxylic acids is 2. The molecule has 5 N–H and O–H groups in total. The molecule has 1 fully saturated rings. The number of aliphatic carboxylic acids is 2. The minimum Gasteiger partial charge on any atom is -0.481 e. The number of thioether (sulfide) groups is 1. The fraction of sp³-hybridized carbons (Fsp3) is 0.375. The van der Waals surface area contributed by atoms with Gasteiger partial charge in [0.2, 0.25) is 0 Å². The van der Waals surface area contributed by atoms with Crippen molar-refractivity contribution in [3.8, 4) is 0 Å². The lowest BCUT2D eigenvalue weighted by Gasteiger charge is -2.48. The largest absolute Gasteiger partial charge is 0.481 e. The molecule has 0 saturated carbocycles. The molecule has 3 rings (SSSR count). The van der Waals surface area contributed by atoms with E-state index in [1.54, 1.807) is 0 Å². The number of aromatic nitrogens is 1. The second-order valence-electron chi connectivity index (χ2n) is 6.12. The molecule has 0 aromatic carbocycles. The van der Waals surface area contributed by atoms with Gasteiger partial charge in [-0.15, -0.1) is 23.1 Å². The van der Waals surface area contributed by atoms with E-state index in [0.717, 1.165) is 16.2 Å². The molecule has 2 aliphatic heterocycles. The predicted molar refractivity (Wildman–Crippen MR) is 107 cm³/mol. The number of nitrogens with two attached hydrogens (primary N) is 1.